The van der Waals surface area contributed by atoms with Crippen LogP contribution in [0.25, 0.3) is 0 Å². The number of carbonyl (C=O) groups excluding carboxylic acids is 1. The van der Waals surface area contributed by atoms with Crippen molar-refractivity contribution in [2.24, 2.45) is 0 Å². The molecule has 6 heavy (non-hydrogen) atoms. The lowest BCUT2D eigenvalue weighted by Crippen LogP contribution is -1.66. The third kappa shape index (κ3) is 1.58. The van der Waals surface area contributed by atoms with E-state index in [4.69, 9.17) is 4.79 Å². The molecule has 0 aromatic rings. The van der Waals surface area contributed by atoms with Crippen LogP contribution in [-0.2, 0) is 4.79 Å². The quantitative estimate of drug-likeness (QED) is 0.348. The minimum absolute atomic E-state index is 0.208. The molecular formula is C3H2F2O. The van der Waals surface area contributed by atoms with Gasteiger partial charge in [-0.15, -0.1) is 0 Å². The first kappa shape index (κ1) is 5.27. The molecule has 0 heterocycles. The van der Waals surface area contributed by atoms with Gasteiger partial charge in [-0.05, 0) is 0 Å². The van der Waals surface area contributed by atoms with E-state index in [-0.39, 0.29) is 6.29 Å². The van der Waals surface area contributed by atoms with Crippen molar-refractivity contribution in [3.05, 3.63) is 12.2 Å². The normalized spacial score (nSPS) is 11.3. The molecule has 0 fully saturated rings. The summed E-state index contributed by atoms with van der Waals surface area (Å²) < 4.78 is 21.6. The topological polar surface area (TPSA) is 17.1 Å². The van der Waals surface area contributed by atoms with Crippen molar-refractivity contribution in [2.45, 2.75) is 0 Å². The first-order chi connectivity index (χ1) is 2.81. The zero-order chi connectivity index (χ0) is 4.99. The molecule has 0 unspecified atom stereocenters. The molecule has 0 saturated heterocycles. The molecule has 0 aliphatic carbocycles. The molecule has 0 aliphatic rings. The summed E-state index contributed by atoms with van der Waals surface area (Å²) >= 11 is 0. The Hall–Kier alpha value is -0.730. The van der Waals surface area contributed by atoms with Crippen LogP contribution in [0, 0.1) is 0 Å². The summed E-state index contributed by atoms with van der Waals surface area (Å²) in [6, 6.07) is 0. The molecule has 34 valence electrons. The molecule has 0 saturated carbocycles. The first-order valence-corrected chi connectivity index (χ1v) is 1.22. The smallest absolute Gasteiger partial charge is 0.190 e. The molecule has 0 aromatic carbocycles. The third-order valence-corrected chi connectivity index (χ3v) is 0.217. The highest BCUT2D eigenvalue weighted by Gasteiger charge is 1.82. The third-order valence-electron chi connectivity index (χ3n) is 0.217. The van der Waals surface area contributed by atoms with Gasteiger partial charge in [-0.2, -0.15) is 0 Å². The van der Waals surface area contributed by atoms with Gasteiger partial charge in [0.25, 0.3) is 0 Å². The number of allylic oxidation sites excluding steroid dienone is 1. The van der Waals surface area contributed by atoms with Crippen LogP contribution in [0.2, 0.25) is 0 Å². The fourth-order valence-corrected chi connectivity index (χ4v) is 0.0257. The Morgan fingerprint density at radius 1 is 1.67 bits per heavy atom. The van der Waals surface area contributed by atoms with Crippen LogP contribution in [0.1, 0.15) is 0 Å². The van der Waals surface area contributed by atoms with Crippen LogP contribution in [0.15, 0.2) is 12.2 Å². The largest absolute Gasteiger partial charge is 0.295 e. The van der Waals surface area contributed by atoms with Gasteiger partial charge in [-0.3, -0.25) is 4.79 Å². The lowest BCUT2D eigenvalue weighted by molar-refractivity contribution is -0.106. The second-order valence-corrected chi connectivity index (χ2v) is 0.612. The van der Waals surface area contributed by atoms with Gasteiger partial charge in [-0.1, -0.05) is 0 Å². The Labute approximate surface area is 33.3 Å². The molecule has 1 nitrogen and oxygen atoms in total. The second-order valence-electron chi connectivity index (χ2n) is 0.612. The SMILES string of the molecule is O=C/C(F)=C\F. The van der Waals surface area contributed by atoms with E-state index in [2.05, 4.69) is 0 Å². The van der Waals surface area contributed by atoms with Gasteiger partial charge >= 0.3 is 0 Å². The summed E-state index contributed by atoms with van der Waals surface area (Å²) in [7, 11) is 0. The fourth-order valence-electron chi connectivity index (χ4n) is 0.0257. The number of hydrogen-bond acceptors (Lipinski definition) is 1. The average molecular weight is 92.0 g/mol. The zero-order valence-corrected chi connectivity index (χ0v) is 2.82. The van der Waals surface area contributed by atoms with Crippen LogP contribution in [-0.4, -0.2) is 6.29 Å². The fraction of sp³-hybridized carbons (Fsp3) is 0. The highest BCUT2D eigenvalue weighted by Crippen LogP contribution is 1.87. The number of hydrogen-bond donors (Lipinski definition) is 0. The van der Waals surface area contributed by atoms with Crippen molar-refractivity contribution >= 4 is 6.29 Å². The van der Waals surface area contributed by atoms with Gasteiger partial charge in [0, 0.05) is 0 Å². The van der Waals surface area contributed by atoms with Gasteiger partial charge in [0.1, 0.15) is 6.33 Å². The van der Waals surface area contributed by atoms with Crippen LogP contribution >= 0.6 is 0 Å². The molecule has 3 heteroatoms. The Morgan fingerprint density at radius 3 is 2.17 bits per heavy atom. The highest BCUT2D eigenvalue weighted by molar-refractivity contribution is 5.69. The summed E-state index contributed by atoms with van der Waals surface area (Å²) in [5.41, 5.74) is 0. The maximum Gasteiger partial charge on any atom is 0.190 e. The molecule has 0 aromatic heterocycles. The average Bonchev–Trinajstić information content (AvgIpc) is 1.65. The molecule has 0 atom stereocenters. The predicted molar refractivity (Wildman–Crippen MR) is 16.4 cm³/mol. The lowest BCUT2D eigenvalue weighted by atomic mass is 10.7. The van der Waals surface area contributed by atoms with Crippen molar-refractivity contribution < 1.29 is 13.6 Å². The number of aldehydes is 1. The van der Waals surface area contributed by atoms with E-state index in [1.165, 1.54) is 0 Å². The van der Waals surface area contributed by atoms with Crippen LogP contribution in [0.3, 0.4) is 0 Å². The van der Waals surface area contributed by atoms with Gasteiger partial charge in [0.2, 0.25) is 0 Å². The predicted octanol–water partition coefficient (Wildman–Crippen LogP) is 0.966. The van der Waals surface area contributed by atoms with E-state index < -0.39 is 12.2 Å². The lowest BCUT2D eigenvalue weighted by Gasteiger charge is -1.65. The molecule has 0 amide bonds. The minimum atomic E-state index is -1.38. The molecule has 0 rings (SSSR count). The zero-order valence-electron chi connectivity index (χ0n) is 2.82. The summed E-state index contributed by atoms with van der Waals surface area (Å²) in [4.78, 5) is 9.05. The molecular weight excluding hydrogens is 90.0 g/mol. The van der Waals surface area contributed by atoms with Crippen molar-refractivity contribution in [3.63, 3.8) is 0 Å². The van der Waals surface area contributed by atoms with Gasteiger partial charge < -0.3 is 0 Å². The Bertz CT molecular complexity index is 76.9. The van der Waals surface area contributed by atoms with E-state index in [1.807, 2.05) is 0 Å². The highest BCUT2D eigenvalue weighted by atomic mass is 19.2. The van der Waals surface area contributed by atoms with Crippen molar-refractivity contribution in [2.75, 3.05) is 0 Å². The Morgan fingerprint density at radius 2 is 2.17 bits per heavy atom. The van der Waals surface area contributed by atoms with Gasteiger partial charge in [0.05, 0.1) is 0 Å². The van der Waals surface area contributed by atoms with Crippen molar-refractivity contribution in [3.8, 4) is 0 Å². The molecule has 0 spiro atoms. The minimum Gasteiger partial charge on any atom is -0.295 e. The van der Waals surface area contributed by atoms with Gasteiger partial charge in [0.15, 0.2) is 12.1 Å². The number of carbonyl (C=O) groups is 1. The number of halogens is 2. The standard InChI is InChI=1S/C3H2F2O/c4-1-3(5)2-6/h1-2H/b3-1+. The van der Waals surface area contributed by atoms with Crippen LogP contribution in [0.4, 0.5) is 8.78 Å². The first-order valence-electron chi connectivity index (χ1n) is 1.22. The molecule has 0 bridgehead atoms. The van der Waals surface area contributed by atoms with E-state index in [1.54, 1.807) is 0 Å². The van der Waals surface area contributed by atoms with E-state index in [9.17, 15) is 8.78 Å². The Kier molecular flexibility index (Phi) is 2.20. The maximum absolute atomic E-state index is 11.0. The molecule has 0 N–H and O–H groups in total. The van der Waals surface area contributed by atoms with Gasteiger partial charge in [-0.25, -0.2) is 8.78 Å². The maximum atomic E-state index is 11.0. The monoisotopic (exact) mass is 92.0 g/mol. The second kappa shape index (κ2) is 2.50. The Balaban J connectivity index is 3.50. The summed E-state index contributed by atoms with van der Waals surface area (Å²) in [6.45, 7) is 0. The summed E-state index contributed by atoms with van der Waals surface area (Å²) in [6.07, 6.45) is -0.604. The van der Waals surface area contributed by atoms with Crippen LogP contribution < -0.4 is 0 Å². The van der Waals surface area contributed by atoms with E-state index >= 15 is 0 Å². The van der Waals surface area contributed by atoms with Crippen molar-refractivity contribution in [1.29, 1.82) is 0 Å². The number of rotatable bonds is 1. The molecule has 0 aliphatic heterocycles. The van der Waals surface area contributed by atoms with Crippen LogP contribution in [0.5, 0.6) is 0 Å². The van der Waals surface area contributed by atoms with E-state index in [0.717, 1.165) is 0 Å². The van der Waals surface area contributed by atoms with Crippen molar-refractivity contribution in [1.82, 2.24) is 0 Å². The summed E-state index contributed by atoms with van der Waals surface area (Å²) in [5.74, 6) is -1.38. The molecule has 0 radical (unpaired) electrons. The van der Waals surface area contributed by atoms with E-state index in [0.29, 0.717) is 0 Å². The summed E-state index contributed by atoms with van der Waals surface area (Å²) in [5, 5.41) is 0.